The largest absolute Gasteiger partial charge is 0.354 e. The summed E-state index contributed by atoms with van der Waals surface area (Å²) in [5, 5.41) is 3.02. The lowest BCUT2D eigenvalue weighted by molar-refractivity contribution is -0.140. The van der Waals surface area contributed by atoms with Crippen LogP contribution in [0.1, 0.15) is 30.5 Å². The molecule has 3 aromatic rings. The minimum Gasteiger partial charge on any atom is -0.354 e. The van der Waals surface area contributed by atoms with Crippen molar-refractivity contribution >= 4 is 23.4 Å². The van der Waals surface area contributed by atoms with Crippen molar-refractivity contribution in [2.45, 2.75) is 39.3 Å². The van der Waals surface area contributed by atoms with E-state index >= 15 is 0 Å². The van der Waals surface area contributed by atoms with Crippen molar-refractivity contribution in [1.29, 1.82) is 0 Å². The Hall–Kier alpha value is -3.25. The summed E-state index contributed by atoms with van der Waals surface area (Å²) in [7, 11) is 0. The lowest BCUT2D eigenvalue weighted by atomic mass is 10.0. The Bertz CT molecular complexity index is 1130. The summed E-state index contributed by atoms with van der Waals surface area (Å²) < 4.78 is 29.1. The molecule has 7 heteroatoms. The summed E-state index contributed by atoms with van der Waals surface area (Å²) in [6.45, 7) is 4.21. The number of hydrogen-bond acceptors (Lipinski definition) is 2. The standard InChI is InChI=1S/C28H29ClF2N2O2/c1-19(2)17-32-28(35)26(15-20-9-4-3-5-10-20)33(18-21-11-6-7-13-24(21)30)27(34)16-22-23(29)12-8-14-25(22)31/h3-14,19,26H,15-18H2,1-2H3,(H,32,35)/t26-/m0/s1. The van der Waals surface area contributed by atoms with Gasteiger partial charge in [0.05, 0.1) is 6.42 Å². The van der Waals surface area contributed by atoms with Gasteiger partial charge >= 0.3 is 0 Å². The lowest BCUT2D eigenvalue weighted by Crippen LogP contribution is -2.51. The summed E-state index contributed by atoms with van der Waals surface area (Å²) in [5.74, 6) is -1.78. The Morgan fingerprint density at radius 2 is 1.57 bits per heavy atom. The Labute approximate surface area is 209 Å². The van der Waals surface area contributed by atoms with Gasteiger partial charge in [-0.05, 0) is 29.7 Å². The highest BCUT2D eigenvalue weighted by Gasteiger charge is 2.31. The fraction of sp³-hybridized carbons (Fsp3) is 0.286. The molecule has 0 bridgehead atoms. The highest BCUT2D eigenvalue weighted by atomic mass is 35.5. The Kier molecular flexibility index (Phi) is 9.38. The van der Waals surface area contributed by atoms with Gasteiger partial charge in [0.25, 0.3) is 0 Å². The minimum atomic E-state index is -0.936. The van der Waals surface area contributed by atoms with Crippen molar-refractivity contribution in [2.75, 3.05) is 6.54 Å². The average molecular weight is 499 g/mol. The van der Waals surface area contributed by atoms with Crippen LogP contribution < -0.4 is 5.32 Å². The first-order valence-corrected chi connectivity index (χ1v) is 11.9. The van der Waals surface area contributed by atoms with Gasteiger partial charge in [-0.2, -0.15) is 0 Å². The number of hydrogen-bond donors (Lipinski definition) is 1. The topological polar surface area (TPSA) is 49.4 Å². The van der Waals surface area contributed by atoms with Crippen LogP contribution in [0, 0.1) is 17.6 Å². The molecule has 0 aliphatic rings. The Morgan fingerprint density at radius 3 is 2.23 bits per heavy atom. The molecule has 4 nitrogen and oxygen atoms in total. The molecule has 0 unspecified atom stereocenters. The van der Waals surface area contributed by atoms with Crippen LogP contribution in [0.3, 0.4) is 0 Å². The molecule has 0 aromatic heterocycles. The van der Waals surface area contributed by atoms with Crippen LogP contribution in [-0.4, -0.2) is 29.3 Å². The molecule has 2 amide bonds. The van der Waals surface area contributed by atoms with Crippen LogP contribution >= 0.6 is 11.6 Å². The SMILES string of the molecule is CC(C)CNC(=O)[C@H](Cc1ccccc1)N(Cc1ccccc1F)C(=O)Cc1c(F)cccc1Cl. The predicted octanol–water partition coefficient (Wildman–Crippen LogP) is 5.57. The average Bonchev–Trinajstić information content (AvgIpc) is 2.83. The molecule has 35 heavy (non-hydrogen) atoms. The molecule has 0 heterocycles. The maximum absolute atomic E-state index is 14.6. The van der Waals surface area contributed by atoms with Crippen molar-refractivity contribution in [3.63, 3.8) is 0 Å². The number of rotatable bonds is 10. The van der Waals surface area contributed by atoms with Crippen LogP contribution in [0.25, 0.3) is 0 Å². The summed E-state index contributed by atoms with van der Waals surface area (Å²) >= 11 is 6.17. The fourth-order valence-electron chi connectivity index (χ4n) is 3.74. The van der Waals surface area contributed by atoms with E-state index in [0.29, 0.717) is 6.54 Å². The van der Waals surface area contributed by atoms with Crippen molar-refractivity contribution < 1.29 is 18.4 Å². The molecule has 0 spiro atoms. The van der Waals surface area contributed by atoms with E-state index in [1.807, 2.05) is 44.2 Å². The second-order valence-electron chi connectivity index (χ2n) is 8.83. The molecule has 0 saturated heterocycles. The zero-order chi connectivity index (χ0) is 25.4. The number of benzene rings is 3. The molecule has 184 valence electrons. The number of halogens is 3. The van der Waals surface area contributed by atoms with Gasteiger partial charge in [0.15, 0.2) is 0 Å². The lowest BCUT2D eigenvalue weighted by Gasteiger charge is -2.32. The second-order valence-corrected chi connectivity index (χ2v) is 9.24. The van der Waals surface area contributed by atoms with Gasteiger partial charge in [-0.1, -0.05) is 80.0 Å². The normalized spacial score (nSPS) is 11.8. The molecule has 0 aliphatic carbocycles. The first kappa shape index (κ1) is 26.4. The van der Waals surface area contributed by atoms with Crippen LogP contribution in [0.4, 0.5) is 8.78 Å². The summed E-state index contributed by atoms with van der Waals surface area (Å²) in [5.41, 5.74) is 1.14. The molecule has 1 atom stereocenters. The number of nitrogens with one attached hydrogen (secondary N) is 1. The third-order valence-corrected chi connectivity index (χ3v) is 6.00. The zero-order valence-corrected chi connectivity index (χ0v) is 20.6. The highest BCUT2D eigenvalue weighted by Crippen LogP contribution is 2.23. The van der Waals surface area contributed by atoms with Gasteiger partial charge in [-0.3, -0.25) is 9.59 Å². The van der Waals surface area contributed by atoms with Crippen molar-refractivity contribution in [3.05, 3.63) is 106 Å². The summed E-state index contributed by atoms with van der Waals surface area (Å²) in [6, 6.07) is 18.6. The monoisotopic (exact) mass is 498 g/mol. The third kappa shape index (κ3) is 7.36. The van der Waals surface area contributed by atoms with E-state index in [1.54, 1.807) is 18.2 Å². The van der Waals surface area contributed by atoms with Crippen molar-refractivity contribution in [1.82, 2.24) is 10.2 Å². The van der Waals surface area contributed by atoms with Gasteiger partial charge in [0, 0.05) is 35.7 Å². The molecule has 3 aromatic carbocycles. The molecule has 0 saturated carbocycles. The third-order valence-electron chi connectivity index (χ3n) is 5.64. The van der Waals surface area contributed by atoms with Crippen LogP contribution in [-0.2, 0) is 29.0 Å². The minimum absolute atomic E-state index is 0.0405. The molecule has 1 N–H and O–H groups in total. The number of carbonyl (C=O) groups excluding carboxylic acids is 2. The summed E-state index contributed by atoms with van der Waals surface area (Å²) in [6.07, 6.45) is -0.140. The fourth-order valence-corrected chi connectivity index (χ4v) is 3.97. The highest BCUT2D eigenvalue weighted by molar-refractivity contribution is 6.31. The summed E-state index contributed by atoms with van der Waals surface area (Å²) in [4.78, 5) is 28.3. The molecular weight excluding hydrogens is 470 g/mol. The van der Waals surface area contributed by atoms with E-state index in [2.05, 4.69) is 5.32 Å². The number of amides is 2. The van der Waals surface area contributed by atoms with Gasteiger partial charge in [-0.25, -0.2) is 8.78 Å². The number of nitrogens with zero attached hydrogens (tertiary/aromatic N) is 1. The maximum atomic E-state index is 14.6. The van der Waals surface area contributed by atoms with E-state index < -0.39 is 23.6 Å². The predicted molar refractivity (Wildman–Crippen MR) is 134 cm³/mol. The number of carbonyl (C=O) groups is 2. The first-order valence-electron chi connectivity index (χ1n) is 11.5. The van der Waals surface area contributed by atoms with E-state index in [1.165, 1.54) is 29.2 Å². The Morgan fingerprint density at radius 1 is 0.914 bits per heavy atom. The van der Waals surface area contributed by atoms with Gasteiger partial charge in [-0.15, -0.1) is 0 Å². The van der Waals surface area contributed by atoms with Crippen molar-refractivity contribution in [3.8, 4) is 0 Å². The molecule has 0 radical (unpaired) electrons. The molecule has 0 fully saturated rings. The van der Waals surface area contributed by atoms with E-state index in [0.717, 1.165) is 5.56 Å². The maximum Gasteiger partial charge on any atom is 0.243 e. The van der Waals surface area contributed by atoms with Gasteiger partial charge < -0.3 is 10.2 Å². The quantitative estimate of drug-likeness (QED) is 0.397. The van der Waals surface area contributed by atoms with Crippen LogP contribution in [0.15, 0.2) is 72.8 Å². The smallest absolute Gasteiger partial charge is 0.243 e. The van der Waals surface area contributed by atoms with Gasteiger partial charge in [0.1, 0.15) is 17.7 Å². The second kappa shape index (κ2) is 12.5. The zero-order valence-electron chi connectivity index (χ0n) is 19.8. The van der Waals surface area contributed by atoms with Crippen LogP contribution in [0.2, 0.25) is 5.02 Å². The van der Waals surface area contributed by atoms with E-state index in [-0.39, 0.29) is 47.4 Å². The molecule has 0 aliphatic heterocycles. The van der Waals surface area contributed by atoms with E-state index in [9.17, 15) is 18.4 Å². The first-order chi connectivity index (χ1) is 16.8. The Balaban J connectivity index is 2.01. The molecule has 3 rings (SSSR count). The van der Waals surface area contributed by atoms with Crippen LogP contribution in [0.5, 0.6) is 0 Å². The molecular formula is C28H29ClF2N2O2. The van der Waals surface area contributed by atoms with E-state index in [4.69, 9.17) is 11.6 Å². The van der Waals surface area contributed by atoms with Gasteiger partial charge in [0.2, 0.25) is 11.8 Å². The van der Waals surface area contributed by atoms with Crippen molar-refractivity contribution in [2.24, 2.45) is 5.92 Å².